The molecule has 0 bridgehead atoms. The molecule has 2 aliphatic rings. The van der Waals surface area contributed by atoms with Gasteiger partial charge in [0.15, 0.2) is 0 Å². The van der Waals surface area contributed by atoms with Crippen molar-refractivity contribution in [1.82, 2.24) is 19.7 Å². The lowest BCUT2D eigenvalue weighted by atomic mass is 9.81. The molecule has 1 atom stereocenters. The van der Waals surface area contributed by atoms with E-state index in [9.17, 15) is 4.79 Å². The zero-order valence-electron chi connectivity index (χ0n) is 13.6. The summed E-state index contributed by atoms with van der Waals surface area (Å²) >= 11 is 0. The van der Waals surface area contributed by atoms with E-state index in [4.69, 9.17) is 9.47 Å². The number of carbonyl (C=O) groups is 1. The highest BCUT2D eigenvalue weighted by molar-refractivity contribution is 5.93. The number of ether oxygens (including phenoxy) is 2. The van der Waals surface area contributed by atoms with Gasteiger partial charge in [-0.1, -0.05) is 6.07 Å². The lowest BCUT2D eigenvalue weighted by Gasteiger charge is -2.49. The molecule has 7 heteroatoms. The highest BCUT2D eigenvalue weighted by Gasteiger charge is 2.55. The summed E-state index contributed by atoms with van der Waals surface area (Å²) in [6.07, 6.45) is 4.43. The fourth-order valence-corrected chi connectivity index (χ4v) is 3.42. The van der Waals surface area contributed by atoms with Gasteiger partial charge < -0.3 is 14.4 Å². The molecule has 1 amide bonds. The molecular weight excluding hydrogens is 308 g/mol. The monoisotopic (exact) mass is 328 g/mol. The summed E-state index contributed by atoms with van der Waals surface area (Å²) in [6, 6.07) is 7.35. The second-order valence-corrected chi connectivity index (χ2v) is 6.41. The number of nitrogens with zero attached hydrogens (tertiary/aromatic N) is 4. The number of rotatable bonds is 4. The predicted molar refractivity (Wildman–Crippen MR) is 85.6 cm³/mol. The maximum atomic E-state index is 12.4. The molecule has 2 saturated heterocycles. The van der Waals surface area contributed by atoms with Crippen molar-refractivity contribution in [1.29, 1.82) is 0 Å². The van der Waals surface area contributed by atoms with E-state index >= 15 is 0 Å². The van der Waals surface area contributed by atoms with Crippen LogP contribution in [0.25, 0.3) is 0 Å². The van der Waals surface area contributed by atoms with Crippen LogP contribution in [0, 0.1) is 5.92 Å². The van der Waals surface area contributed by atoms with E-state index in [1.807, 2.05) is 18.2 Å². The molecule has 126 valence electrons. The van der Waals surface area contributed by atoms with Crippen LogP contribution in [0.4, 0.5) is 0 Å². The van der Waals surface area contributed by atoms with Crippen molar-refractivity contribution in [2.75, 3.05) is 26.3 Å². The number of pyridine rings is 1. The minimum atomic E-state index is -0.279. The molecule has 2 aromatic heterocycles. The zero-order chi connectivity index (χ0) is 16.6. The summed E-state index contributed by atoms with van der Waals surface area (Å²) < 4.78 is 13.4. The Balaban J connectivity index is 1.36. The van der Waals surface area contributed by atoms with E-state index < -0.39 is 0 Å². The highest BCUT2D eigenvalue weighted by atomic mass is 16.5. The van der Waals surface area contributed by atoms with Crippen molar-refractivity contribution >= 4 is 5.91 Å². The van der Waals surface area contributed by atoms with E-state index in [2.05, 4.69) is 10.1 Å². The van der Waals surface area contributed by atoms with Gasteiger partial charge in [-0.25, -0.2) is 4.98 Å². The summed E-state index contributed by atoms with van der Waals surface area (Å²) in [5.74, 6) is 0.855. The summed E-state index contributed by atoms with van der Waals surface area (Å²) in [4.78, 5) is 18.4. The average Bonchev–Trinajstić information content (AvgIpc) is 3.18. The van der Waals surface area contributed by atoms with Gasteiger partial charge in [0, 0.05) is 38.0 Å². The normalized spacial score (nSPS) is 21.7. The number of aryl methyl sites for hydroxylation is 1. The third-order valence-corrected chi connectivity index (χ3v) is 4.81. The van der Waals surface area contributed by atoms with E-state index in [0.717, 1.165) is 6.42 Å². The number of carbonyl (C=O) groups excluding carboxylic acids is 1. The van der Waals surface area contributed by atoms with E-state index in [-0.39, 0.29) is 17.4 Å². The lowest BCUT2D eigenvalue weighted by Crippen LogP contribution is -2.66. The molecule has 0 aromatic carbocycles. The Bertz CT molecular complexity index is 724. The summed E-state index contributed by atoms with van der Waals surface area (Å²) in [6.45, 7) is 2.46. The van der Waals surface area contributed by atoms with Crippen molar-refractivity contribution < 1.29 is 14.3 Å². The Morgan fingerprint density at radius 2 is 2.29 bits per heavy atom. The summed E-state index contributed by atoms with van der Waals surface area (Å²) in [7, 11) is 1.81. The predicted octanol–water partition coefficient (Wildman–Crippen LogP) is 1.13. The smallest absolute Gasteiger partial charge is 0.274 e. The Morgan fingerprint density at radius 1 is 1.42 bits per heavy atom. The highest BCUT2D eigenvalue weighted by Crippen LogP contribution is 2.40. The molecule has 0 saturated carbocycles. The van der Waals surface area contributed by atoms with Crippen LogP contribution in [0.1, 0.15) is 16.9 Å². The average molecular weight is 328 g/mol. The molecular formula is C17H20N4O3. The Kier molecular flexibility index (Phi) is 3.72. The third-order valence-electron chi connectivity index (χ3n) is 4.81. The lowest BCUT2D eigenvalue weighted by molar-refractivity contribution is -0.122. The quantitative estimate of drug-likeness (QED) is 0.841. The van der Waals surface area contributed by atoms with Crippen LogP contribution in [0.5, 0.6) is 5.88 Å². The van der Waals surface area contributed by atoms with Crippen LogP contribution >= 0.6 is 0 Å². The standard InChI is InChI=1S/C17H20N4O3/c1-20-8-5-14(19-20)16(22)21-11-17(12-21)13(6-9-24-17)10-23-15-4-2-3-7-18-15/h2-5,7-8,13H,6,9-12H2,1H3/t13-/m1/s1. The van der Waals surface area contributed by atoms with Gasteiger partial charge >= 0.3 is 0 Å². The van der Waals surface area contributed by atoms with Crippen molar-refractivity contribution in [3.8, 4) is 5.88 Å². The van der Waals surface area contributed by atoms with E-state index in [1.165, 1.54) is 0 Å². The first-order valence-electron chi connectivity index (χ1n) is 8.13. The van der Waals surface area contributed by atoms with E-state index in [1.54, 1.807) is 35.1 Å². The molecule has 7 nitrogen and oxygen atoms in total. The molecule has 24 heavy (non-hydrogen) atoms. The maximum absolute atomic E-state index is 12.4. The first-order chi connectivity index (χ1) is 11.7. The second-order valence-electron chi connectivity index (χ2n) is 6.41. The van der Waals surface area contributed by atoms with Crippen molar-refractivity contribution in [2.45, 2.75) is 12.0 Å². The number of likely N-dealkylation sites (tertiary alicyclic amines) is 1. The fourth-order valence-electron chi connectivity index (χ4n) is 3.42. The maximum Gasteiger partial charge on any atom is 0.274 e. The van der Waals surface area contributed by atoms with Gasteiger partial charge in [-0.3, -0.25) is 9.48 Å². The van der Waals surface area contributed by atoms with E-state index in [0.29, 0.717) is 37.9 Å². The first kappa shape index (κ1) is 15.1. The van der Waals surface area contributed by atoms with Gasteiger partial charge in [-0.2, -0.15) is 5.10 Å². The van der Waals surface area contributed by atoms with Gasteiger partial charge in [0.05, 0.1) is 19.7 Å². The second kappa shape index (κ2) is 5.90. The van der Waals surface area contributed by atoms with Crippen LogP contribution in [-0.2, 0) is 11.8 Å². The molecule has 4 rings (SSSR count). The Morgan fingerprint density at radius 3 is 3.00 bits per heavy atom. The van der Waals surface area contributed by atoms with Crippen molar-refractivity contribution in [3.63, 3.8) is 0 Å². The molecule has 0 aliphatic carbocycles. The third kappa shape index (κ3) is 2.65. The number of hydrogen-bond donors (Lipinski definition) is 0. The summed E-state index contributed by atoms with van der Waals surface area (Å²) in [5, 5.41) is 4.18. The molecule has 2 aliphatic heterocycles. The molecule has 0 unspecified atom stereocenters. The minimum absolute atomic E-state index is 0.0406. The number of hydrogen-bond acceptors (Lipinski definition) is 5. The molecule has 1 spiro atoms. The SMILES string of the molecule is Cn1ccc(C(=O)N2CC3(C2)OCC[C@@H]3COc2ccccn2)n1. The summed E-state index contributed by atoms with van der Waals surface area (Å²) in [5.41, 5.74) is 0.200. The van der Waals surface area contributed by atoms with Gasteiger partial charge in [0.25, 0.3) is 5.91 Å². The van der Waals surface area contributed by atoms with Crippen LogP contribution in [0.2, 0.25) is 0 Å². The van der Waals surface area contributed by atoms with Gasteiger partial charge in [0.2, 0.25) is 5.88 Å². The van der Waals surface area contributed by atoms with Gasteiger partial charge in [0.1, 0.15) is 11.3 Å². The molecule has 0 N–H and O–H groups in total. The fraction of sp³-hybridized carbons (Fsp3) is 0.471. The zero-order valence-corrected chi connectivity index (χ0v) is 13.6. The van der Waals surface area contributed by atoms with Crippen LogP contribution in [-0.4, -0.2) is 57.5 Å². The first-order valence-corrected chi connectivity index (χ1v) is 8.13. The number of aromatic nitrogens is 3. The number of amides is 1. The van der Waals surface area contributed by atoms with Crippen molar-refractivity contribution in [3.05, 3.63) is 42.4 Å². The van der Waals surface area contributed by atoms with Crippen LogP contribution in [0.3, 0.4) is 0 Å². The Labute approximate surface area is 140 Å². The molecule has 4 heterocycles. The largest absolute Gasteiger partial charge is 0.477 e. The van der Waals surface area contributed by atoms with Crippen molar-refractivity contribution in [2.24, 2.45) is 13.0 Å². The molecule has 0 radical (unpaired) electrons. The molecule has 2 fully saturated rings. The van der Waals surface area contributed by atoms with Crippen LogP contribution < -0.4 is 4.74 Å². The topological polar surface area (TPSA) is 69.5 Å². The van der Waals surface area contributed by atoms with Gasteiger partial charge in [-0.05, 0) is 18.6 Å². The molecule has 2 aromatic rings. The van der Waals surface area contributed by atoms with Gasteiger partial charge in [-0.15, -0.1) is 0 Å². The Hall–Kier alpha value is -2.41. The van der Waals surface area contributed by atoms with Crippen LogP contribution in [0.15, 0.2) is 36.7 Å². The minimum Gasteiger partial charge on any atom is -0.477 e.